The van der Waals surface area contributed by atoms with Crippen LogP contribution in [-0.2, 0) is 0 Å². The quantitative estimate of drug-likeness (QED) is 0.178. The van der Waals surface area contributed by atoms with E-state index >= 15 is 0 Å². The Kier molecular flexibility index (Phi) is 6.78. The first-order chi connectivity index (χ1) is 24.2. The molecule has 0 fully saturated rings. The van der Waals surface area contributed by atoms with Gasteiger partial charge in [-0.1, -0.05) is 140 Å². The number of hydrogen-bond donors (Lipinski definition) is 0. The Labute approximate surface area is 282 Å². The first-order valence-electron chi connectivity index (χ1n) is 16.1. The summed E-state index contributed by atoms with van der Waals surface area (Å²) in [5, 5.41) is 4.45. The van der Waals surface area contributed by atoms with Crippen LogP contribution < -0.4 is 0 Å². The van der Waals surface area contributed by atoms with Crippen molar-refractivity contribution in [2.24, 2.45) is 0 Å². The van der Waals surface area contributed by atoms with Crippen LogP contribution >= 0.6 is 0 Å². The van der Waals surface area contributed by atoms with E-state index in [-0.39, 0.29) is 0 Å². The number of fused-ring (bicyclic) bond motifs is 5. The molecule has 0 spiro atoms. The van der Waals surface area contributed by atoms with Gasteiger partial charge in [-0.15, -0.1) is 0 Å². The van der Waals surface area contributed by atoms with Crippen LogP contribution in [-0.4, -0.2) is 15.0 Å². The van der Waals surface area contributed by atoms with E-state index in [0.29, 0.717) is 23.2 Å². The smallest absolute Gasteiger partial charge is 0.187 e. The molecule has 2 heterocycles. The molecule has 0 radical (unpaired) electrons. The van der Waals surface area contributed by atoms with Gasteiger partial charge in [0, 0.05) is 32.8 Å². The Morgan fingerprint density at radius 1 is 0.449 bits per heavy atom. The van der Waals surface area contributed by atoms with E-state index in [4.69, 9.17) is 25.9 Å². The zero-order valence-electron chi connectivity index (χ0n) is 26.2. The molecule has 9 aromatic rings. The van der Waals surface area contributed by atoms with Crippen LogP contribution in [0.2, 0.25) is 0 Å². The Morgan fingerprint density at radius 3 is 1.92 bits per heavy atom. The van der Waals surface area contributed by atoms with Crippen LogP contribution in [0.1, 0.15) is 0 Å². The van der Waals surface area contributed by atoms with Crippen LogP contribution in [0.4, 0.5) is 5.69 Å². The van der Waals surface area contributed by atoms with E-state index < -0.39 is 0 Å². The van der Waals surface area contributed by atoms with E-state index in [1.807, 2.05) is 72.8 Å². The monoisotopic (exact) mass is 626 g/mol. The maximum Gasteiger partial charge on any atom is 0.187 e. The lowest BCUT2D eigenvalue weighted by Gasteiger charge is -2.12. The van der Waals surface area contributed by atoms with Crippen LogP contribution in [0.3, 0.4) is 0 Å². The van der Waals surface area contributed by atoms with Crippen LogP contribution in [0.5, 0.6) is 0 Å². The fourth-order valence-corrected chi connectivity index (χ4v) is 6.61. The van der Waals surface area contributed by atoms with Gasteiger partial charge in [0.1, 0.15) is 11.2 Å². The molecule has 9 rings (SSSR count). The molecule has 0 saturated carbocycles. The van der Waals surface area contributed by atoms with E-state index in [9.17, 15) is 0 Å². The van der Waals surface area contributed by atoms with Crippen molar-refractivity contribution < 1.29 is 4.42 Å². The highest BCUT2D eigenvalue weighted by atomic mass is 16.3. The summed E-state index contributed by atoms with van der Waals surface area (Å²) < 4.78 is 6.44. The number of rotatable bonds is 5. The molecule has 0 aliphatic heterocycles. The predicted molar refractivity (Wildman–Crippen MR) is 198 cm³/mol. The third-order valence-corrected chi connectivity index (χ3v) is 8.96. The number of aromatic nitrogens is 3. The van der Waals surface area contributed by atoms with Gasteiger partial charge in [-0.05, 0) is 45.8 Å². The molecule has 0 bridgehead atoms. The van der Waals surface area contributed by atoms with Crippen LogP contribution in [0.25, 0.3) is 94.0 Å². The predicted octanol–water partition coefficient (Wildman–Crippen LogP) is 11.8. The second-order valence-electron chi connectivity index (χ2n) is 11.9. The molecule has 0 aliphatic rings. The maximum atomic E-state index is 7.56. The minimum atomic E-state index is 0.513. The molecule has 5 nitrogen and oxygen atoms in total. The topological polar surface area (TPSA) is 56.2 Å². The van der Waals surface area contributed by atoms with Crippen molar-refractivity contribution in [1.29, 1.82) is 0 Å². The molecule has 0 N–H and O–H groups in total. The Hall–Kier alpha value is -6.90. The molecular weight excluding hydrogens is 601 g/mol. The average molecular weight is 627 g/mol. The molecule has 0 unspecified atom stereocenters. The summed E-state index contributed by atoms with van der Waals surface area (Å²) in [6.45, 7) is 7.56. The molecule has 0 atom stereocenters. The zero-order chi connectivity index (χ0) is 32.7. The Morgan fingerprint density at radius 2 is 1.08 bits per heavy atom. The zero-order valence-corrected chi connectivity index (χ0v) is 26.2. The van der Waals surface area contributed by atoms with Gasteiger partial charge >= 0.3 is 0 Å². The second kappa shape index (κ2) is 11.7. The molecule has 0 saturated heterocycles. The first-order valence-corrected chi connectivity index (χ1v) is 16.1. The van der Waals surface area contributed by atoms with Gasteiger partial charge in [0.05, 0.1) is 6.57 Å². The third-order valence-electron chi connectivity index (χ3n) is 8.96. The fourth-order valence-electron chi connectivity index (χ4n) is 6.61. The largest absolute Gasteiger partial charge is 0.455 e. The summed E-state index contributed by atoms with van der Waals surface area (Å²) in [4.78, 5) is 18.6. The molecule has 0 amide bonds. The summed E-state index contributed by atoms with van der Waals surface area (Å²) in [5.74, 6) is 1.64. The summed E-state index contributed by atoms with van der Waals surface area (Å²) in [5.41, 5.74) is 9.10. The van der Waals surface area contributed by atoms with E-state index in [0.717, 1.165) is 71.7 Å². The molecular formula is C44H26N4O. The lowest BCUT2D eigenvalue weighted by Crippen LogP contribution is -2.01. The standard InChI is InChI=1S/C44H26N4O/c1-45-33-15-9-14-32(27-33)43-46-42(47-44(48-43)37-18-8-7-16-34(37)28-11-3-2-4-12-28)31-23-21-30(22-24-31)35-19-10-20-39-40(35)38-26-25-29-13-5-6-17-36(29)41(38)49-39/h2-27H. The minimum Gasteiger partial charge on any atom is -0.455 e. The van der Waals surface area contributed by atoms with Crippen LogP contribution in [0, 0.1) is 6.57 Å². The summed E-state index contributed by atoms with van der Waals surface area (Å²) >= 11 is 0. The molecule has 2 aromatic heterocycles. The van der Waals surface area contributed by atoms with Gasteiger partial charge in [0.15, 0.2) is 23.2 Å². The minimum absolute atomic E-state index is 0.513. The summed E-state index contributed by atoms with van der Waals surface area (Å²) in [6.07, 6.45) is 0. The van der Waals surface area contributed by atoms with Gasteiger partial charge in [0.25, 0.3) is 0 Å². The number of nitrogens with zero attached hydrogens (tertiary/aromatic N) is 4. The molecule has 5 heteroatoms. The van der Waals surface area contributed by atoms with Crippen molar-refractivity contribution in [3.8, 4) is 56.4 Å². The van der Waals surface area contributed by atoms with Gasteiger partial charge in [0.2, 0.25) is 0 Å². The fraction of sp³-hybridized carbons (Fsp3) is 0. The van der Waals surface area contributed by atoms with E-state index in [1.165, 1.54) is 0 Å². The summed E-state index contributed by atoms with van der Waals surface area (Å²) in [7, 11) is 0. The Bertz CT molecular complexity index is 2720. The molecule has 228 valence electrons. The molecule has 49 heavy (non-hydrogen) atoms. The number of furan rings is 1. The summed E-state index contributed by atoms with van der Waals surface area (Å²) in [6, 6.07) is 53.0. The van der Waals surface area contributed by atoms with Gasteiger partial charge < -0.3 is 4.42 Å². The van der Waals surface area contributed by atoms with Crippen molar-refractivity contribution in [2.75, 3.05) is 0 Å². The lowest BCUT2D eigenvalue weighted by molar-refractivity contribution is 0.673. The number of benzene rings is 7. The van der Waals surface area contributed by atoms with Crippen LogP contribution in [0.15, 0.2) is 162 Å². The van der Waals surface area contributed by atoms with Crippen molar-refractivity contribution in [3.05, 3.63) is 169 Å². The van der Waals surface area contributed by atoms with Crippen molar-refractivity contribution in [2.45, 2.75) is 0 Å². The van der Waals surface area contributed by atoms with E-state index in [2.05, 4.69) is 83.7 Å². The van der Waals surface area contributed by atoms with Gasteiger partial charge in [-0.3, -0.25) is 0 Å². The normalized spacial score (nSPS) is 11.2. The maximum absolute atomic E-state index is 7.56. The van der Waals surface area contributed by atoms with E-state index in [1.54, 1.807) is 6.07 Å². The highest BCUT2D eigenvalue weighted by Crippen LogP contribution is 2.40. The third kappa shape index (κ3) is 5.00. The van der Waals surface area contributed by atoms with Crippen molar-refractivity contribution >= 4 is 38.4 Å². The van der Waals surface area contributed by atoms with Gasteiger partial charge in [-0.2, -0.15) is 0 Å². The molecule has 7 aromatic carbocycles. The second-order valence-corrected chi connectivity index (χ2v) is 11.9. The average Bonchev–Trinajstić information content (AvgIpc) is 3.58. The Balaban J connectivity index is 1.18. The SMILES string of the molecule is [C-]#[N+]c1cccc(-c2nc(-c3ccc(-c4cccc5oc6c7ccccc7ccc6c45)cc3)nc(-c3ccccc3-c3ccccc3)n2)c1. The lowest BCUT2D eigenvalue weighted by atomic mass is 9.97. The molecule has 0 aliphatic carbocycles. The van der Waals surface area contributed by atoms with Gasteiger partial charge in [-0.25, -0.2) is 19.8 Å². The first kappa shape index (κ1) is 28.3. The van der Waals surface area contributed by atoms with Crippen molar-refractivity contribution in [3.63, 3.8) is 0 Å². The van der Waals surface area contributed by atoms with Crippen molar-refractivity contribution in [1.82, 2.24) is 15.0 Å². The highest BCUT2D eigenvalue weighted by molar-refractivity contribution is 6.19. The highest BCUT2D eigenvalue weighted by Gasteiger charge is 2.18. The number of hydrogen-bond acceptors (Lipinski definition) is 4.